The minimum absolute atomic E-state index is 0.0299. The SMILES string of the molecule is CCOC(=O)/C(C#N)=C(/C)Nc1ccc(OC)cc1. The molecule has 0 amide bonds. The van der Waals surface area contributed by atoms with Gasteiger partial charge in [0, 0.05) is 11.4 Å². The van der Waals surface area contributed by atoms with Crippen molar-refractivity contribution in [3.05, 3.63) is 35.5 Å². The van der Waals surface area contributed by atoms with Gasteiger partial charge in [-0.05, 0) is 38.1 Å². The highest BCUT2D eigenvalue weighted by molar-refractivity contribution is 5.94. The van der Waals surface area contributed by atoms with Crippen molar-refractivity contribution >= 4 is 11.7 Å². The van der Waals surface area contributed by atoms with Crippen molar-refractivity contribution in [2.75, 3.05) is 19.0 Å². The lowest BCUT2D eigenvalue weighted by atomic mass is 10.2. The number of nitrogens with one attached hydrogen (secondary N) is 1. The van der Waals surface area contributed by atoms with Crippen LogP contribution in [0.4, 0.5) is 5.69 Å². The van der Waals surface area contributed by atoms with Gasteiger partial charge in [0.1, 0.15) is 11.8 Å². The molecule has 0 atom stereocenters. The summed E-state index contributed by atoms with van der Waals surface area (Å²) in [6.07, 6.45) is 0. The Balaban J connectivity index is 2.88. The van der Waals surface area contributed by atoms with E-state index in [1.165, 1.54) is 0 Å². The molecule has 1 rings (SSSR count). The number of anilines is 1. The van der Waals surface area contributed by atoms with Crippen molar-refractivity contribution < 1.29 is 14.3 Å². The summed E-state index contributed by atoms with van der Waals surface area (Å²) in [5.74, 6) is 0.113. The summed E-state index contributed by atoms with van der Waals surface area (Å²) in [6.45, 7) is 3.58. The van der Waals surface area contributed by atoms with Crippen LogP contribution in [-0.2, 0) is 9.53 Å². The number of hydrogen-bond acceptors (Lipinski definition) is 5. The van der Waals surface area contributed by atoms with Gasteiger partial charge in [-0.2, -0.15) is 5.26 Å². The first kappa shape index (κ1) is 14.6. The fraction of sp³-hybridized carbons (Fsp3) is 0.286. The maximum absolute atomic E-state index is 11.5. The molecule has 0 saturated carbocycles. The van der Waals surface area contributed by atoms with E-state index in [0.717, 1.165) is 11.4 Å². The largest absolute Gasteiger partial charge is 0.497 e. The van der Waals surface area contributed by atoms with Crippen LogP contribution in [0.15, 0.2) is 35.5 Å². The highest BCUT2D eigenvalue weighted by Crippen LogP contribution is 2.17. The van der Waals surface area contributed by atoms with Gasteiger partial charge in [-0.15, -0.1) is 0 Å². The van der Waals surface area contributed by atoms with E-state index >= 15 is 0 Å². The quantitative estimate of drug-likeness (QED) is 0.500. The highest BCUT2D eigenvalue weighted by atomic mass is 16.5. The van der Waals surface area contributed by atoms with E-state index in [4.69, 9.17) is 14.7 Å². The Morgan fingerprint density at radius 1 is 1.37 bits per heavy atom. The zero-order valence-electron chi connectivity index (χ0n) is 11.2. The van der Waals surface area contributed by atoms with E-state index < -0.39 is 5.97 Å². The third-order valence-electron chi connectivity index (χ3n) is 2.39. The van der Waals surface area contributed by atoms with Gasteiger partial charge in [-0.25, -0.2) is 4.79 Å². The number of rotatable bonds is 5. The molecule has 0 heterocycles. The zero-order chi connectivity index (χ0) is 14.3. The Morgan fingerprint density at radius 3 is 2.47 bits per heavy atom. The molecule has 0 fully saturated rings. The first-order chi connectivity index (χ1) is 9.12. The number of hydrogen-bond donors (Lipinski definition) is 1. The van der Waals surface area contributed by atoms with Crippen molar-refractivity contribution in [2.45, 2.75) is 13.8 Å². The first-order valence-corrected chi connectivity index (χ1v) is 5.81. The van der Waals surface area contributed by atoms with Crippen molar-refractivity contribution in [1.82, 2.24) is 0 Å². The molecule has 1 aromatic rings. The molecule has 5 nitrogen and oxygen atoms in total. The molecule has 0 unspecified atom stereocenters. The van der Waals surface area contributed by atoms with Gasteiger partial charge >= 0.3 is 5.97 Å². The van der Waals surface area contributed by atoms with E-state index in [1.54, 1.807) is 45.2 Å². The number of carbonyl (C=O) groups is 1. The molecular formula is C14H16N2O3. The Labute approximate surface area is 112 Å². The minimum atomic E-state index is -0.622. The van der Waals surface area contributed by atoms with Crippen molar-refractivity contribution in [2.24, 2.45) is 0 Å². The predicted molar refractivity (Wildman–Crippen MR) is 71.6 cm³/mol. The minimum Gasteiger partial charge on any atom is -0.497 e. The standard InChI is InChI=1S/C14H16N2O3/c1-4-19-14(17)13(9-15)10(2)16-11-5-7-12(18-3)8-6-11/h5-8,16H,4H2,1-3H3/b13-10-. The monoisotopic (exact) mass is 260 g/mol. The molecule has 0 aliphatic heterocycles. The Hall–Kier alpha value is -2.48. The van der Waals surface area contributed by atoms with Crippen molar-refractivity contribution in [3.8, 4) is 11.8 Å². The average molecular weight is 260 g/mol. The Kier molecular flexibility index (Phi) is 5.42. The smallest absolute Gasteiger partial charge is 0.350 e. The summed E-state index contributed by atoms with van der Waals surface area (Å²) in [5.41, 5.74) is 1.18. The number of nitrogens with zero attached hydrogens (tertiary/aromatic N) is 1. The van der Waals surface area contributed by atoms with E-state index in [2.05, 4.69) is 5.32 Å². The van der Waals surface area contributed by atoms with Crippen molar-refractivity contribution in [3.63, 3.8) is 0 Å². The lowest BCUT2D eigenvalue weighted by Gasteiger charge is -2.09. The van der Waals surface area contributed by atoms with Crippen LogP contribution in [0.1, 0.15) is 13.8 Å². The fourth-order valence-electron chi connectivity index (χ4n) is 1.44. The zero-order valence-corrected chi connectivity index (χ0v) is 11.2. The molecular weight excluding hydrogens is 244 g/mol. The molecule has 0 spiro atoms. The van der Waals surface area contributed by atoms with Gasteiger partial charge in [0.05, 0.1) is 13.7 Å². The molecule has 5 heteroatoms. The number of ether oxygens (including phenoxy) is 2. The highest BCUT2D eigenvalue weighted by Gasteiger charge is 2.13. The average Bonchev–Trinajstić information content (AvgIpc) is 2.40. The van der Waals surface area contributed by atoms with Gasteiger partial charge in [0.25, 0.3) is 0 Å². The van der Waals surface area contributed by atoms with Crippen LogP contribution in [0.5, 0.6) is 5.75 Å². The van der Waals surface area contributed by atoms with Crippen LogP contribution in [0.2, 0.25) is 0 Å². The molecule has 0 aliphatic rings. The Bertz CT molecular complexity index is 512. The predicted octanol–water partition coefficient (Wildman–Crippen LogP) is 2.47. The normalized spacial score (nSPS) is 11.1. The van der Waals surface area contributed by atoms with Gasteiger partial charge in [0.15, 0.2) is 5.57 Å². The maximum atomic E-state index is 11.5. The summed E-state index contributed by atoms with van der Waals surface area (Å²) in [4.78, 5) is 11.5. The van der Waals surface area contributed by atoms with Gasteiger partial charge in [-0.1, -0.05) is 0 Å². The van der Waals surface area contributed by atoms with Crippen LogP contribution >= 0.6 is 0 Å². The van der Waals surface area contributed by atoms with Crippen LogP contribution in [0, 0.1) is 11.3 Å². The lowest BCUT2D eigenvalue weighted by Crippen LogP contribution is -2.11. The molecule has 0 radical (unpaired) electrons. The lowest BCUT2D eigenvalue weighted by molar-refractivity contribution is -0.138. The summed E-state index contributed by atoms with van der Waals surface area (Å²) < 4.78 is 9.86. The second kappa shape index (κ2) is 7.07. The van der Waals surface area contributed by atoms with Crippen LogP contribution < -0.4 is 10.1 Å². The van der Waals surface area contributed by atoms with E-state index in [9.17, 15) is 4.79 Å². The summed E-state index contributed by atoms with van der Waals surface area (Å²) in [7, 11) is 1.59. The van der Waals surface area contributed by atoms with Gasteiger partial charge < -0.3 is 14.8 Å². The van der Waals surface area contributed by atoms with Crippen LogP contribution in [-0.4, -0.2) is 19.7 Å². The van der Waals surface area contributed by atoms with E-state index in [-0.39, 0.29) is 12.2 Å². The molecule has 1 N–H and O–H groups in total. The fourth-order valence-corrected chi connectivity index (χ4v) is 1.44. The number of allylic oxidation sites excluding steroid dienone is 1. The number of carbonyl (C=O) groups excluding carboxylic acids is 1. The van der Waals surface area contributed by atoms with Gasteiger partial charge in [-0.3, -0.25) is 0 Å². The van der Waals surface area contributed by atoms with E-state index in [1.807, 2.05) is 6.07 Å². The molecule has 0 aliphatic carbocycles. The molecule has 19 heavy (non-hydrogen) atoms. The molecule has 100 valence electrons. The third kappa shape index (κ3) is 4.03. The summed E-state index contributed by atoms with van der Waals surface area (Å²) in [5, 5.41) is 12.0. The number of esters is 1. The third-order valence-corrected chi connectivity index (χ3v) is 2.39. The number of methoxy groups -OCH3 is 1. The maximum Gasteiger partial charge on any atom is 0.350 e. The molecule has 1 aromatic carbocycles. The Morgan fingerprint density at radius 2 is 2.00 bits per heavy atom. The van der Waals surface area contributed by atoms with Crippen LogP contribution in [0.3, 0.4) is 0 Å². The summed E-state index contributed by atoms with van der Waals surface area (Å²) in [6, 6.07) is 9.00. The second-order valence-electron chi connectivity index (χ2n) is 3.69. The molecule has 0 aromatic heterocycles. The first-order valence-electron chi connectivity index (χ1n) is 5.81. The number of benzene rings is 1. The second-order valence-corrected chi connectivity index (χ2v) is 3.69. The number of nitriles is 1. The van der Waals surface area contributed by atoms with Gasteiger partial charge in [0.2, 0.25) is 0 Å². The van der Waals surface area contributed by atoms with Crippen LogP contribution in [0.25, 0.3) is 0 Å². The summed E-state index contributed by atoms with van der Waals surface area (Å²) >= 11 is 0. The topological polar surface area (TPSA) is 71.4 Å². The molecule has 0 bridgehead atoms. The molecule has 0 saturated heterocycles. The van der Waals surface area contributed by atoms with E-state index in [0.29, 0.717) is 5.70 Å². The van der Waals surface area contributed by atoms with Crippen molar-refractivity contribution in [1.29, 1.82) is 5.26 Å².